The molecule has 16 heteroatoms. The zero-order valence-corrected chi connectivity index (χ0v) is 22.0. The molecule has 0 aromatic carbocycles. The van der Waals surface area contributed by atoms with Gasteiger partial charge >= 0.3 is 25.4 Å². The lowest BCUT2D eigenvalue weighted by Gasteiger charge is -2.26. The molecule has 1 aromatic rings. The third kappa shape index (κ3) is 8.85. The van der Waals surface area contributed by atoms with Crippen molar-refractivity contribution in [3.63, 3.8) is 0 Å². The Morgan fingerprint density at radius 3 is 2.49 bits per heavy atom. The van der Waals surface area contributed by atoms with Crippen LogP contribution in [0.5, 0.6) is 0 Å². The molecule has 1 aliphatic rings. The van der Waals surface area contributed by atoms with Gasteiger partial charge in [0.15, 0.2) is 12.8 Å². The first-order valence-corrected chi connectivity index (χ1v) is 13.3. The van der Waals surface area contributed by atoms with E-state index in [0.29, 0.717) is 0 Å². The normalized spacial score (nSPS) is 24.0. The second kappa shape index (κ2) is 14.0. The summed E-state index contributed by atoms with van der Waals surface area (Å²) in [6.07, 6.45) is -4.32. The third-order valence-corrected chi connectivity index (χ3v) is 6.71. The summed E-state index contributed by atoms with van der Waals surface area (Å²) >= 11 is 0. The van der Waals surface area contributed by atoms with E-state index in [1.54, 1.807) is 13.8 Å². The number of esters is 2. The maximum absolute atomic E-state index is 13.6. The topological polar surface area (TPSA) is 211 Å². The van der Waals surface area contributed by atoms with E-state index in [4.69, 9.17) is 29.0 Å². The molecule has 6 atom stereocenters. The van der Waals surface area contributed by atoms with Crippen LogP contribution in [0.1, 0.15) is 40.3 Å². The molecule has 2 unspecified atom stereocenters. The van der Waals surface area contributed by atoms with Crippen LogP contribution in [0.15, 0.2) is 17.1 Å². The van der Waals surface area contributed by atoms with Crippen molar-refractivity contribution in [2.24, 2.45) is 5.92 Å². The van der Waals surface area contributed by atoms with Crippen LogP contribution in [-0.4, -0.2) is 82.5 Å². The number of carbonyl (C=O) groups excluding carboxylic acids is 2. The first kappa shape index (κ1) is 30.8. The second-order valence-corrected chi connectivity index (χ2v) is 10.3. The first-order chi connectivity index (χ1) is 17.4. The summed E-state index contributed by atoms with van der Waals surface area (Å²) in [7, 11) is -4.42. The molecular weight excluding hydrogens is 515 g/mol. The molecule has 2 heterocycles. The van der Waals surface area contributed by atoms with Gasteiger partial charge in [-0.25, -0.2) is 19.2 Å². The number of nitrogens with one attached hydrogen (secondary N) is 1. The maximum atomic E-state index is 13.6. The van der Waals surface area contributed by atoms with Crippen LogP contribution in [0.3, 0.4) is 0 Å². The molecule has 5 N–H and O–H groups in total. The second-order valence-electron chi connectivity index (χ2n) is 8.52. The number of hydrogen-bond donors (Lipinski definition) is 4. The monoisotopic (exact) mass is 550 g/mol. The van der Waals surface area contributed by atoms with Gasteiger partial charge in [-0.2, -0.15) is 4.98 Å². The molecule has 0 amide bonds. The summed E-state index contributed by atoms with van der Waals surface area (Å²) in [6, 6.07) is 0.194. The van der Waals surface area contributed by atoms with Crippen molar-refractivity contribution < 1.29 is 47.6 Å². The molecule has 15 nitrogen and oxygen atoms in total. The SMILES string of the molecule is CCOC(=O)COP(=O)(N[C@@H](CC(C)C)C(=O)OCC)OC[C@H]1O[C@H](n2ccc(N)nc2=O)[C@H](O)C1O. The Labute approximate surface area is 213 Å². The van der Waals surface area contributed by atoms with Crippen LogP contribution >= 0.6 is 7.75 Å². The van der Waals surface area contributed by atoms with Crippen molar-refractivity contribution in [1.82, 2.24) is 14.6 Å². The summed E-state index contributed by atoms with van der Waals surface area (Å²) in [5.74, 6) is -1.60. The number of anilines is 1. The van der Waals surface area contributed by atoms with Gasteiger partial charge in [0.1, 0.15) is 30.2 Å². The van der Waals surface area contributed by atoms with Gasteiger partial charge in [-0.1, -0.05) is 13.8 Å². The largest absolute Gasteiger partial charge is 0.465 e. The highest BCUT2D eigenvalue weighted by molar-refractivity contribution is 7.51. The fourth-order valence-electron chi connectivity index (χ4n) is 3.45. The van der Waals surface area contributed by atoms with E-state index < -0.39 is 69.2 Å². The summed E-state index contributed by atoms with van der Waals surface area (Å²) in [5, 5.41) is 23.4. The number of aliphatic hydroxyl groups excluding tert-OH is 2. The molecule has 2 rings (SSSR count). The van der Waals surface area contributed by atoms with Crippen molar-refractivity contribution in [1.29, 1.82) is 0 Å². The summed E-state index contributed by atoms with van der Waals surface area (Å²) in [4.78, 5) is 40.0. The van der Waals surface area contributed by atoms with Crippen molar-refractivity contribution in [2.45, 2.75) is 64.7 Å². The highest BCUT2D eigenvalue weighted by atomic mass is 31.2. The molecule has 1 aromatic heterocycles. The van der Waals surface area contributed by atoms with Gasteiger partial charge in [0.2, 0.25) is 0 Å². The average Bonchev–Trinajstić information content (AvgIpc) is 3.10. The van der Waals surface area contributed by atoms with Gasteiger partial charge in [-0.15, -0.1) is 0 Å². The lowest BCUT2D eigenvalue weighted by molar-refractivity contribution is -0.145. The van der Waals surface area contributed by atoms with E-state index in [-0.39, 0.29) is 31.4 Å². The smallest absolute Gasteiger partial charge is 0.406 e. The Kier molecular flexibility index (Phi) is 11.6. The van der Waals surface area contributed by atoms with Crippen LogP contribution < -0.4 is 16.5 Å². The molecule has 0 radical (unpaired) electrons. The van der Waals surface area contributed by atoms with Gasteiger partial charge < -0.3 is 30.2 Å². The van der Waals surface area contributed by atoms with Gasteiger partial charge in [0.05, 0.1) is 19.8 Å². The fourth-order valence-corrected chi connectivity index (χ4v) is 4.88. The zero-order valence-electron chi connectivity index (χ0n) is 21.1. The summed E-state index contributed by atoms with van der Waals surface area (Å²) in [5.41, 5.74) is 4.65. The van der Waals surface area contributed by atoms with Crippen molar-refractivity contribution in [2.75, 3.05) is 32.2 Å². The Bertz CT molecular complexity index is 1020. The number of hydrogen-bond acceptors (Lipinski definition) is 13. The van der Waals surface area contributed by atoms with E-state index in [1.807, 2.05) is 13.8 Å². The summed E-state index contributed by atoms with van der Waals surface area (Å²) < 4.78 is 40.5. The fraction of sp³-hybridized carbons (Fsp3) is 0.714. The van der Waals surface area contributed by atoms with Gasteiger partial charge in [0, 0.05) is 6.20 Å². The molecular formula is C21H35N4O11P. The minimum atomic E-state index is -4.42. The highest BCUT2D eigenvalue weighted by Crippen LogP contribution is 2.46. The van der Waals surface area contributed by atoms with Gasteiger partial charge in [-0.05, 0) is 32.3 Å². The number of nitrogens with two attached hydrogens (primary N) is 1. The molecule has 37 heavy (non-hydrogen) atoms. The lowest BCUT2D eigenvalue weighted by Crippen LogP contribution is -2.39. The van der Waals surface area contributed by atoms with Gasteiger partial charge in [0.25, 0.3) is 0 Å². The average molecular weight is 551 g/mol. The number of nitrogen functional groups attached to an aromatic ring is 1. The van der Waals surface area contributed by atoms with E-state index in [9.17, 15) is 29.2 Å². The molecule has 0 aliphatic carbocycles. The standard InChI is InChI=1S/C21H35N4O11P/c1-5-32-16(26)11-35-37(31,24-13(9-12(3)4)20(29)33-6-2)34-10-14-17(27)18(28)19(36-14)25-8-7-15(22)23-21(25)30/h7-8,12-14,17-19,27-28H,5-6,9-11H2,1-4H3,(H,24,31)(H2,22,23,30)/t13-,14+,17?,18+,19-,37?/m0/s1. The molecule has 0 bridgehead atoms. The number of ether oxygens (including phenoxy) is 3. The van der Waals surface area contributed by atoms with Crippen molar-refractivity contribution in [3.8, 4) is 0 Å². The van der Waals surface area contributed by atoms with Crippen LogP contribution in [0.2, 0.25) is 0 Å². The van der Waals surface area contributed by atoms with E-state index in [2.05, 4.69) is 10.1 Å². The van der Waals surface area contributed by atoms with Crippen molar-refractivity contribution >= 4 is 25.5 Å². The predicted octanol–water partition coefficient (Wildman–Crippen LogP) is -0.283. The predicted molar refractivity (Wildman–Crippen MR) is 128 cm³/mol. The Hall–Kier alpha value is -2.39. The Morgan fingerprint density at radius 2 is 1.89 bits per heavy atom. The lowest BCUT2D eigenvalue weighted by atomic mass is 10.1. The molecule has 210 valence electrons. The number of nitrogens with zero attached hydrogens (tertiary/aromatic N) is 2. The molecule has 1 saturated heterocycles. The van der Waals surface area contributed by atoms with Crippen LogP contribution in [-0.2, 0) is 37.4 Å². The van der Waals surface area contributed by atoms with Gasteiger partial charge in [-0.3, -0.25) is 18.4 Å². The molecule has 1 fully saturated rings. The molecule has 0 spiro atoms. The number of rotatable bonds is 14. The number of carbonyl (C=O) groups is 2. The number of aromatic nitrogens is 2. The van der Waals surface area contributed by atoms with Crippen LogP contribution in [0, 0.1) is 5.92 Å². The van der Waals surface area contributed by atoms with Crippen LogP contribution in [0.25, 0.3) is 0 Å². The van der Waals surface area contributed by atoms with Crippen LogP contribution in [0.4, 0.5) is 5.82 Å². The first-order valence-electron chi connectivity index (χ1n) is 11.8. The number of aliphatic hydroxyl groups is 2. The highest BCUT2D eigenvalue weighted by Gasteiger charge is 2.46. The Balaban J connectivity index is 2.20. The quantitative estimate of drug-likeness (QED) is 0.173. The zero-order chi connectivity index (χ0) is 27.8. The minimum absolute atomic E-state index is 0.0249. The minimum Gasteiger partial charge on any atom is -0.465 e. The van der Waals surface area contributed by atoms with E-state index >= 15 is 0 Å². The Morgan fingerprint density at radius 1 is 1.22 bits per heavy atom. The molecule has 0 saturated carbocycles. The third-order valence-electron chi connectivity index (χ3n) is 5.12. The van der Waals surface area contributed by atoms with Crippen molar-refractivity contribution in [3.05, 3.63) is 22.7 Å². The van der Waals surface area contributed by atoms with E-state index in [0.717, 1.165) is 4.57 Å². The molecule has 1 aliphatic heterocycles. The summed E-state index contributed by atoms with van der Waals surface area (Å²) in [6.45, 7) is 5.60. The van der Waals surface area contributed by atoms with E-state index in [1.165, 1.54) is 12.3 Å². The maximum Gasteiger partial charge on any atom is 0.406 e.